The van der Waals surface area contributed by atoms with Crippen LogP contribution in [0, 0.1) is 11.2 Å². The highest BCUT2D eigenvalue weighted by molar-refractivity contribution is 5.76. The fourth-order valence-electron chi connectivity index (χ4n) is 3.16. The van der Waals surface area contributed by atoms with Crippen LogP contribution in [0.25, 0.3) is 11.3 Å². The minimum atomic E-state index is -0.309. The summed E-state index contributed by atoms with van der Waals surface area (Å²) < 4.78 is 19.5. The van der Waals surface area contributed by atoms with Crippen LogP contribution in [0.4, 0.5) is 4.39 Å². The summed E-state index contributed by atoms with van der Waals surface area (Å²) in [6.07, 6.45) is 3.05. The van der Waals surface area contributed by atoms with E-state index >= 15 is 0 Å². The largest absolute Gasteiger partial charge is 0.461 e. The van der Waals surface area contributed by atoms with Gasteiger partial charge in [0.25, 0.3) is 0 Å². The van der Waals surface area contributed by atoms with Crippen molar-refractivity contribution < 1.29 is 13.6 Å². The number of amides is 1. The molecule has 1 saturated heterocycles. The van der Waals surface area contributed by atoms with E-state index in [9.17, 15) is 9.18 Å². The molecular weight excluding hydrogens is 319 g/mol. The van der Waals surface area contributed by atoms with Crippen LogP contribution in [0.2, 0.25) is 0 Å². The third-order valence-electron chi connectivity index (χ3n) is 4.92. The lowest BCUT2D eigenvalue weighted by molar-refractivity contribution is -0.121. The van der Waals surface area contributed by atoms with Gasteiger partial charge in [-0.3, -0.25) is 4.79 Å². The second-order valence-electron chi connectivity index (χ2n) is 7.08. The van der Waals surface area contributed by atoms with E-state index in [2.05, 4.69) is 17.6 Å². The van der Waals surface area contributed by atoms with Crippen molar-refractivity contribution in [3.8, 4) is 11.3 Å². The smallest absolute Gasteiger partial charge is 0.220 e. The molecule has 4 nitrogen and oxygen atoms in total. The van der Waals surface area contributed by atoms with Crippen LogP contribution in [-0.2, 0) is 11.2 Å². The number of aryl methyl sites for hydroxylation is 1. The van der Waals surface area contributed by atoms with Gasteiger partial charge in [0, 0.05) is 19.4 Å². The number of rotatable bonds is 6. The quantitative estimate of drug-likeness (QED) is 0.843. The average Bonchev–Trinajstić information content (AvgIpc) is 3.08. The van der Waals surface area contributed by atoms with Gasteiger partial charge in [-0.25, -0.2) is 4.39 Å². The zero-order valence-electron chi connectivity index (χ0n) is 14.6. The molecule has 1 amide bonds. The molecule has 1 aliphatic heterocycles. The monoisotopic (exact) mass is 344 g/mol. The molecule has 0 saturated carbocycles. The first kappa shape index (κ1) is 17.7. The van der Waals surface area contributed by atoms with Gasteiger partial charge in [0.2, 0.25) is 5.91 Å². The maximum absolute atomic E-state index is 13.8. The van der Waals surface area contributed by atoms with Crippen molar-refractivity contribution in [2.24, 2.45) is 5.41 Å². The van der Waals surface area contributed by atoms with Crippen molar-refractivity contribution in [1.82, 2.24) is 10.6 Å². The molecule has 0 bridgehead atoms. The third kappa shape index (κ3) is 4.69. The van der Waals surface area contributed by atoms with Crippen LogP contribution in [0.3, 0.4) is 0 Å². The highest BCUT2D eigenvalue weighted by Gasteiger charge is 2.26. The molecule has 25 heavy (non-hydrogen) atoms. The van der Waals surface area contributed by atoms with Crippen LogP contribution < -0.4 is 10.6 Å². The zero-order chi connectivity index (χ0) is 17.7. The van der Waals surface area contributed by atoms with E-state index in [1.54, 1.807) is 24.3 Å². The molecule has 3 rings (SSSR count). The second kappa shape index (κ2) is 7.83. The zero-order valence-corrected chi connectivity index (χ0v) is 14.6. The van der Waals surface area contributed by atoms with Gasteiger partial charge in [-0.05, 0) is 55.6 Å². The Hall–Kier alpha value is -2.14. The van der Waals surface area contributed by atoms with Gasteiger partial charge in [0.15, 0.2) is 0 Å². The third-order valence-corrected chi connectivity index (χ3v) is 4.92. The predicted molar refractivity (Wildman–Crippen MR) is 95.6 cm³/mol. The van der Waals surface area contributed by atoms with Crippen molar-refractivity contribution in [1.29, 1.82) is 0 Å². The van der Waals surface area contributed by atoms with Crippen LogP contribution >= 0.6 is 0 Å². The fraction of sp³-hybridized carbons (Fsp3) is 0.450. The summed E-state index contributed by atoms with van der Waals surface area (Å²) in [7, 11) is 0. The van der Waals surface area contributed by atoms with Crippen molar-refractivity contribution in [2.75, 3.05) is 19.6 Å². The molecular formula is C20H25FN2O2. The van der Waals surface area contributed by atoms with Crippen molar-refractivity contribution in [3.63, 3.8) is 0 Å². The Morgan fingerprint density at radius 3 is 2.76 bits per heavy atom. The maximum atomic E-state index is 13.8. The predicted octanol–water partition coefficient (Wildman–Crippen LogP) is 3.52. The minimum absolute atomic E-state index is 0.0311. The van der Waals surface area contributed by atoms with Crippen LogP contribution in [-0.4, -0.2) is 25.5 Å². The molecule has 134 valence electrons. The number of furan rings is 1. The molecule has 0 atom stereocenters. The average molecular weight is 344 g/mol. The molecule has 2 heterocycles. The normalized spacial score (nSPS) is 16.6. The summed E-state index contributed by atoms with van der Waals surface area (Å²) in [5, 5.41) is 6.38. The summed E-state index contributed by atoms with van der Waals surface area (Å²) in [6.45, 7) is 4.96. The van der Waals surface area contributed by atoms with Gasteiger partial charge < -0.3 is 15.1 Å². The summed E-state index contributed by atoms with van der Waals surface area (Å²) >= 11 is 0. The van der Waals surface area contributed by atoms with E-state index in [-0.39, 0.29) is 17.1 Å². The topological polar surface area (TPSA) is 54.3 Å². The Balaban J connectivity index is 1.49. The summed E-state index contributed by atoms with van der Waals surface area (Å²) in [5.41, 5.74) is 0.626. The van der Waals surface area contributed by atoms with Gasteiger partial charge in [0.1, 0.15) is 17.3 Å². The lowest BCUT2D eigenvalue weighted by Gasteiger charge is -2.34. The lowest BCUT2D eigenvalue weighted by Crippen LogP contribution is -2.42. The Morgan fingerprint density at radius 1 is 1.24 bits per heavy atom. The molecule has 5 heteroatoms. The highest BCUT2D eigenvalue weighted by Crippen LogP contribution is 2.27. The summed E-state index contributed by atoms with van der Waals surface area (Å²) in [6, 6.07) is 10.1. The van der Waals surface area contributed by atoms with Crippen LogP contribution in [0.1, 0.15) is 31.9 Å². The van der Waals surface area contributed by atoms with Gasteiger partial charge in [-0.2, -0.15) is 0 Å². The van der Waals surface area contributed by atoms with Gasteiger partial charge in [-0.1, -0.05) is 19.1 Å². The lowest BCUT2D eigenvalue weighted by atomic mass is 9.81. The van der Waals surface area contributed by atoms with Crippen molar-refractivity contribution in [3.05, 3.63) is 48.0 Å². The Morgan fingerprint density at radius 2 is 2.00 bits per heavy atom. The Kier molecular flexibility index (Phi) is 5.53. The van der Waals surface area contributed by atoms with Crippen LogP contribution in [0.15, 0.2) is 40.8 Å². The molecule has 1 aromatic carbocycles. The first-order valence-corrected chi connectivity index (χ1v) is 8.87. The van der Waals surface area contributed by atoms with E-state index in [0.717, 1.165) is 25.9 Å². The number of hydrogen-bond acceptors (Lipinski definition) is 3. The molecule has 0 aliphatic carbocycles. The molecule has 0 radical (unpaired) electrons. The van der Waals surface area contributed by atoms with E-state index in [0.29, 0.717) is 36.5 Å². The van der Waals surface area contributed by atoms with Gasteiger partial charge in [0.05, 0.1) is 5.56 Å². The van der Waals surface area contributed by atoms with Crippen molar-refractivity contribution in [2.45, 2.75) is 32.6 Å². The Bertz CT molecular complexity index is 720. The van der Waals surface area contributed by atoms with Gasteiger partial charge >= 0.3 is 0 Å². The van der Waals surface area contributed by atoms with E-state index in [1.165, 1.54) is 6.07 Å². The number of benzene rings is 1. The number of halogens is 1. The van der Waals surface area contributed by atoms with Crippen molar-refractivity contribution >= 4 is 5.91 Å². The van der Waals surface area contributed by atoms with E-state index in [1.807, 2.05) is 6.07 Å². The summed E-state index contributed by atoms with van der Waals surface area (Å²) in [5.74, 6) is 0.914. The maximum Gasteiger partial charge on any atom is 0.220 e. The number of carbonyl (C=O) groups is 1. The molecule has 2 aromatic rings. The Labute approximate surface area is 147 Å². The SMILES string of the molecule is CC1(CNC(=O)CCc2ccc(-c3ccccc3F)o2)CCNCC1. The van der Waals surface area contributed by atoms with E-state index < -0.39 is 0 Å². The number of nitrogens with one attached hydrogen (secondary N) is 2. The molecule has 1 fully saturated rings. The molecule has 0 unspecified atom stereocenters. The number of carbonyl (C=O) groups excluding carboxylic acids is 1. The molecule has 1 aromatic heterocycles. The molecule has 1 aliphatic rings. The summed E-state index contributed by atoms with van der Waals surface area (Å²) in [4.78, 5) is 12.1. The fourth-order valence-corrected chi connectivity index (χ4v) is 3.16. The standard InChI is InChI=1S/C20H25FN2O2/c1-20(10-12-22-13-11-20)14-23-19(24)9-7-15-6-8-18(25-15)16-4-2-3-5-17(16)21/h2-6,8,22H,7,9-14H2,1H3,(H,23,24). The second-order valence-corrected chi connectivity index (χ2v) is 7.08. The highest BCUT2D eigenvalue weighted by atomic mass is 19.1. The number of hydrogen-bond donors (Lipinski definition) is 2. The van der Waals surface area contributed by atoms with E-state index in [4.69, 9.17) is 4.42 Å². The first-order valence-electron chi connectivity index (χ1n) is 8.87. The minimum Gasteiger partial charge on any atom is -0.461 e. The first-order chi connectivity index (χ1) is 12.1. The van der Waals surface area contributed by atoms with Crippen LogP contribution in [0.5, 0.6) is 0 Å². The molecule has 2 N–H and O–H groups in total. The number of piperidine rings is 1. The van der Waals surface area contributed by atoms with Gasteiger partial charge in [-0.15, -0.1) is 0 Å². The molecule has 0 spiro atoms.